The molecule has 2 aromatic rings. The van der Waals surface area contributed by atoms with Gasteiger partial charge in [0.25, 0.3) is 5.91 Å². The number of hydrogen-bond donors (Lipinski definition) is 1. The molecule has 1 heterocycles. The normalized spacial score (nSPS) is 12.0. The average molecular weight is 346 g/mol. The molecule has 0 radical (unpaired) electrons. The highest BCUT2D eigenvalue weighted by Crippen LogP contribution is 2.16. The fraction of sp³-hybridized carbons (Fsp3) is 0.333. The number of Topliss-reactive ketones (excluding diaryl/α,β-unsaturated/α-hetero) is 1. The Balaban J connectivity index is 2.04. The summed E-state index contributed by atoms with van der Waals surface area (Å²) in [6, 6.07) is 8.65. The summed E-state index contributed by atoms with van der Waals surface area (Å²) < 4.78 is 0. The summed E-state index contributed by atoms with van der Waals surface area (Å²) in [5, 5.41) is 2.96. The molecule has 24 heavy (non-hydrogen) atoms. The molecule has 5 nitrogen and oxygen atoms in total. The zero-order valence-electron chi connectivity index (χ0n) is 13.9. The van der Waals surface area contributed by atoms with Crippen LogP contribution in [0, 0.1) is 0 Å². The summed E-state index contributed by atoms with van der Waals surface area (Å²) in [5.74, 6) is 0.209. The van der Waals surface area contributed by atoms with E-state index in [1.165, 1.54) is 6.20 Å². The van der Waals surface area contributed by atoms with E-state index in [9.17, 15) is 9.59 Å². The highest BCUT2D eigenvalue weighted by Gasteiger charge is 2.19. The molecule has 1 aromatic carbocycles. The predicted octanol–water partition coefficient (Wildman–Crippen LogP) is 3.64. The number of aromatic nitrogens is 2. The zero-order valence-corrected chi connectivity index (χ0v) is 14.7. The molecule has 0 aliphatic rings. The van der Waals surface area contributed by atoms with E-state index in [2.05, 4.69) is 15.3 Å². The van der Waals surface area contributed by atoms with Gasteiger partial charge in [-0.25, -0.2) is 9.97 Å². The first-order valence-corrected chi connectivity index (χ1v) is 8.17. The van der Waals surface area contributed by atoms with Crippen molar-refractivity contribution < 1.29 is 9.59 Å². The van der Waals surface area contributed by atoms with Crippen LogP contribution in [0.1, 0.15) is 59.8 Å². The SMILES string of the molecule is CC(C)c1ncc(Cl)c(C(=O)N[C@H](C)CC(=O)c2ccccc2)n1. The first kappa shape index (κ1) is 18.1. The Morgan fingerprint density at radius 1 is 1.17 bits per heavy atom. The minimum absolute atomic E-state index is 0.0277. The fourth-order valence-corrected chi connectivity index (χ4v) is 2.36. The van der Waals surface area contributed by atoms with Gasteiger partial charge in [-0.15, -0.1) is 0 Å². The molecule has 1 N–H and O–H groups in total. The number of carbonyl (C=O) groups is 2. The molecule has 2 rings (SSSR count). The van der Waals surface area contributed by atoms with Crippen molar-refractivity contribution in [1.29, 1.82) is 0 Å². The maximum atomic E-state index is 12.4. The highest BCUT2D eigenvalue weighted by atomic mass is 35.5. The standard InChI is InChI=1S/C18H20ClN3O2/c1-11(2)17-20-10-14(19)16(22-17)18(24)21-12(3)9-15(23)13-7-5-4-6-8-13/h4-8,10-12H,9H2,1-3H3,(H,21,24)/t12-/m1/s1. The maximum Gasteiger partial charge on any atom is 0.271 e. The second-order valence-corrected chi connectivity index (χ2v) is 6.35. The van der Waals surface area contributed by atoms with E-state index in [0.717, 1.165) is 0 Å². The zero-order chi connectivity index (χ0) is 17.7. The number of halogens is 1. The van der Waals surface area contributed by atoms with Crippen molar-refractivity contribution in [3.63, 3.8) is 0 Å². The van der Waals surface area contributed by atoms with E-state index in [-0.39, 0.29) is 34.9 Å². The van der Waals surface area contributed by atoms with Crippen LogP contribution in [0.15, 0.2) is 36.5 Å². The molecule has 0 saturated heterocycles. The summed E-state index contributed by atoms with van der Waals surface area (Å²) in [5.41, 5.74) is 0.759. The van der Waals surface area contributed by atoms with Crippen molar-refractivity contribution in [1.82, 2.24) is 15.3 Å². The van der Waals surface area contributed by atoms with Crippen LogP contribution in [0.5, 0.6) is 0 Å². The van der Waals surface area contributed by atoms with E-state index in [1.54, 1.807) is 19.1 Å². The molecule has 0 saturated carbocycles. The molecule has 6 heteroatoms. The van der Waals surface area contributed by atoms with Gasteiger partial charge in [0.05, 0.1) is 11.2 Å². The molecule has 0 fully saturated rings. The van der Waals surface area contributed by atoms with Crippen molar-refractivity contribution >= 4 is 23.3 Å². The summed E-state index contributed by atoms with van der Waals surface area (Å²) in [6.45, 7) is 5.65. The second kappa shape index (κ2) is 8.02. The van der Waals surface area contributed by atoms with Gasteiger partial charge in [-0.3, -0.25) is 9.59 Å². The summed E-state index contributed by atoms with van der Waals surface area (Å²) in [4.78, 5) is 32.9. The quantitative estimate of drug-likeness (QED) is 0.811. The van der Waals surface area contributed by atoms with Gasteiger partial charge < -0.3 is 5.32 Å². The van der Waals surface area contributed by atoms with Crippen LogP contribution in [-0.2, 0) is 0 Å². The number of carbonyl (C=O) groups excluding carboxylic acids is 2. The van der Waals surface area contributed by atoms with E-state index >= 15 is 0 Å². The Morgan fingerprint density at radius 3 is 2.46 bits per heavy atom. The number of amides is 1. The molecule has 0 spiro atoms. The first-order chi connectivity index (χ1) is 11.4. The summed E-state index contributed by atoms with van der Waals surface area (Å²) in [7, 11) is 0. The van der Waals surface area contributed by atoms with Crippen molar-refractivity contribution in [2.45, 2.75) is 39.2 Å². The van der Waals surface area contributed by atoms with E-state index in [1.807, 2.05) is 32.0 Å². The third kappa shape index (κ3) is 4.61. The van der Waals surface area contributed by atoms with Crippen molar-refractivity contribution in [2.24, 2.45) is 0 Å². The summed E-state index contributed by atoms with van der Waals surface area (Å²) in [6.07, 6.45) is 1.63. The highest BCUT2D eigenvalue weighted by molar-refractivity contribution is 6.33. The lowest BCUT2D eigenvalue weighted by atomic mass is 10.0. The van der Waals surface area contributed by atoms with Gasteiger partial charge in [-0.1, -0.05) is 55.8 Å². The Labute approximate surface area is 146 Å². The van der Waals surface area contributed by atoms with Crippen molar-refractivity contribution in [3.8, 4) is 0 Å². The van der Waals surface area contributed by atoms with E-state index < -0.39 is 5.91 Å². The average Bonchev–Trinajstić information content (AvgIpc) is 2.55. The molecular weight excluding hydrogens is 326 g/mol. The molecule has 1 amide bonds. The Hall–Kier alpha value is -2.27. The van der Waals surface area contributed by atoms with E-state index in [4.69, 9.17) is 11.6 Å². The van der Waals surface area contributed by atoms with Crippen LogP contribution < -0.4 is 5.32 Å². The Kier molecular flexibility index (Phi) is 6.04. The van der Waals surface area contributed by atoms with Crippen LogP contribution in [0.4, 0.5) is 0 Å². The topological polar surface area (TPSA) is 72.0 Å². The molecular formula is C18H20ClN3O2. The van der Waals surface area contributed by atoms with Gasteiger partial charge in [0.2, 0.25) is 0 Å². The predicted molar refractivity (Wildman–Crippen MR) is 93.4 cm³/mol. The second-order valence-electron chi connectivity index (χ2n) is 5.95. The van der Waals surface area contributed by atoms with Gasteiger partial charge in [0.15, 0.2) is 5.78 Å². The monoisotopic (exact) mass is 345 g/mol. The maximum absolute atomic E-state index is 12.4. The van der Waals surface area contributed by atoms with E-state index in [0.29, 0.717) is 11.4 Å². The van der Waals surface area contributed by atoms with Crippen LogP contribution in [0.2, 0.25) is 5.02 Å². The lowest BCUT2D eigenvalue weighted by Crippen LogP contribution is -2.35. The van der Waals surface area contributed by atoms with Crippen molar-refractivity contribution in [3.05, 3.63) is 58.6 Å². The molecule has 126 valence electrons. The molecule has 0 unspecified atom stereocenters. The van der Waals surface area contributed by atoms with Crippen molar-refractivity contribution in [2.75, 3.05) is 0 Å². The molecule has 1 atom stereocenters. The number of rotatable bonds is 6. The number of nitrogens with zero attached hydrogens (tertiary/aromatic N) is 2. The Bertz CT molecular complexity index is 732. The number of nitrogens with one attached hydrogen (secondary N) is 1. The van der Waals surface area contributed by atoms with Crippen LogP contribution >= 0.6 is 11.6 Å². The van der Waals surface area contributed by atoms with Gasteiger partial charge in [0.1, 0.15) is 11.5 Å². The lowest BCUT2D eigenvalue weighted by molar-refractivity contribution is 0.0914. The van der Waals surface area contributed by atoms with Gasteiger partial charge >= 0.3 is 0 Å². The van der Waals surface area contributed by atoms with Gasteiger partial charge in [0, 0.05) is 23.9 Å². The number of ketones is 1. The lowest BCUT2D eigenvalue weighted by Gasteiger charge is -2.14. The molecule has 1 aromatic heterocycles. The Morgan fingerprint density at radius 2 is 1.83 bits per heavy atom. The van der Waals surface area contributed by atoms with Crippen LogP contribution in [-0.4, -0.2) is 27.7 Å². The minimum Gasteiger partial charge on any atom is -0.348 e. The number of hydrogen-bond acceptors (Lipinski definition) is 4. The summed E-state index contributed by atoms with van der Waals surface area (Å²) >= 11 is 6.03. The third-order valence-electron chi connectivity index (χ3n) is 3.46. The third-order valence-corrected chi connectivity index (χ3v) is 3.74. The fourth-order valence-electron chi connectivity index (χ4n) is 2.18. The smallest absolute Gasteiger partial charge is 0.271 e. The van der Waals surface area contributed by atoms with Crippen LogP contribution in [0.3, 0.4) is 0 Å². The van der Waals surface area contributed by atoms with Gasteiger partial charge in [-0.2, -0.15) is 0 Å². The number of benzene rings is 1. The largest absolute Gasteiger partial charge is 0.348 e. The van der Waals surface area contributed by atoms with Crippen LogP contribution in [0.25, 0.3) is 0 Å². The molecule has 0 aliphatic carbocycles. The van der Waals surface area contributed by atoms with Gasteiger partial charge in [-0.05, 0) is 6.92 Å². The molecule has 0 bridgehead atoms. The molecule has 0 aliphatic heterocycles. The first-order valence-electron chi connectivity index (χ1n) is 7.80. The minimum atomic E-state index is -0.405.